The van der Waals surface area contributed by atoms with Crippen molar-refractivity contribution in [1.29, 1.82) is 0 Å². The van der Waals surface area contributed by atoms with Crippen LogP contribution in [0.5, 0.6) is 5.75 Å². The minimum Gasteiger partial charge on any atom is -0.487 e. The second kappa shape index (κ2) is 9.32. The van der Waals surface area contributed by atoms with Crippen LogP contribution in [-0.2, 0) is 4.74 Å². The van der Waals surface area contributed by atoms with Gasteiger partial charge in [-0.1, -0.05) is 18.2 Å². The van der Waals surface area contributed by atoms with Gasteiger partial charge in [0.05, 0.1) is 19.2 Å². The van der Waals surface area contributed by atoms with E-state index in [9.17, 15) is 0 Å². The van der Waals surface area contributed by atoms with Crippen LogP contribution in [0.2, 0.25) is 0 Å². The number of ether oxygens (including phenoxy) is 2. The van der Waals surface area contributed by atoms with E-state index in [1.54, 1.807) is 7.11 Å². The Balaban J connectivity index is 0.00000264. The lowest BCUT2D eigenvalue weighted by atomic mass is 9.90. The topological polar surface area (TPSA) is 54.9 Å². The molecule has 0 spiro atoms. The highest BCUT2D eigenvalue weighted by Crippen LogP contribution is 2.39. The van der Waals surface area contributed by atoms with Crippen molar-refractivity contribution in [2.24, 2.45) is 4.99 Å². The molecule has 130 valence electrons. The number of halogens is 1. The van der Waals surface area contributed by atoms with Gasteiger partial charge in [-0.3, -0.25) is 4.99 Å². The van der Waals surface area contributed by atoms with Crippen LogP contribution in [0, 0.1) is 0 Å². The lowest BCUT2D eigenvalue weighted by Crippen LogP contribution is -2.45. The Labute approximate surface area is 156 Å². The summed E-state index contributed by atoms with van der Waals surface area (Å²) in [5.41, 5.74) is 0.981. The zero-order valence-electron chi connectivity index (χ0n) is 14.4. The van der Waals surface area contributed by atoms with E-state index in [2.05, 4.69) is 42.5 Å². The second-order valence-electron chi connectivity index (χ2n) is 6.05. The first-order valence-corrected chi connectivity index (χ1v) is 7.87. The summed E-state index contributed by atoms with van der Waals surface area (Å²) in [7, 11) is 1.69. The highest BCUT2D eigenvalue weighted by molar-refractivity contribution is 14.0. The maximum atomic E-state index is 6.07. The molecule has 1 aromatic rings. The van der Waals surface area contributed by atoms with Crippen molar-refractivity contribution in [2.75, 3.05) is 26.8 Å². The van der Waals surface area contributed by atoms with Crippen LogP contribution >= 0.6 is 24.0 Å². The molecule has 0 aliphatic carbocycles. The van der Waals surface area contributed by atoms with E-state index >= 15 is 0 Å². The summed E-state index contributed by atoms with van der Waals surface area (Å²) in [6.45, 7) is 8.38. The molecule has 0 aromatic heterocycles. The zero-order valence-corrected chi connectivity index (χ0v) is 16.7. The zero-order chi connectivity index (χ0) is 16.0. The number of fused-ring (bicyclic) bond motifs is 1. The van der Waals surface area contributed by atoms with Gasteiger partial charge in [0.15, 0.2) is 5.96 Å². The van der Waals surface area contributed by atoms with Crippen molar-refractivity contribution in [2.45, 2.75) is 38.8 Å². The molecule has 1 aliphatic heterocycles. The minimum absolute atomic E-state index is 0. The monoisotopic (exact) mass is 433 g/mol. The number of methoxy groups -OCH3 is 1. The Morgan fingerprint density at radius 3 is 2.83 bits per heavy atom. The third-order valence-corrected chi connectivity index (χ3v) is 3.60. The maximum absolute atomic E-state index is 6.07. The van der Waals surface area contributed by atoms with Gasteiger partial charge >= 0.3 is 0 Å². The lowest BCUT2D eigenvalue weighted by Gasteiger charge is -2.38. The molecule has 1 atom stereocenters. The van der Waals surface area contributed by atoms with Crippen LogP contribution in [0.25, 0.3) is 0 Å². The minimum atomic E-state index is -0.199. The van der Waals surface area contributed by atoms with Gasteiger partial charge in [-0.15, -0.1) is 24.0 Å². The van der Waals surface area contributed by atoms with E-state index in [0.717, 1.165) is 24.7 Å². The number of hydrogen-bond acceptors (Lipinski definition) is 3. The summed E-state index contributed by atoms with van der Waals surface area (Å²) in [6.07, 6.45) is 0.888. The molecule has 1 heterocycles. The first kappa shape index (κ1) is 20.0. The number of hydrogen-bond donors (Lipinski definition) is 2. The molecule has 5 nitrogen and oxygen atoms in total. The molecule has 2 rings (SSSR count). The van der Waals surface area contributed by atoms with Crippen molar-refractivity contribution < 1.29 is 9.47 Å². The number of nitrogens with one attached hydrogen (secondary N) is 2. The fourth-order valence-electron chi connectivity index (χ4n) is 2.66. The molecule has 0 amide bonds. The molecule has 0 fully saturated rings. The van der Waals surface area contributed by atoms with Gasteiger partial charge < -0.3 is 20.1 Å². The average molecular weight is 433 g/mol. The smallest absolute Gasteiger partial charge is 0.191 e. The summed E-state index contributed by atoms with van der Waals surface area (Å²) in [6, 6.07) is 8.38. The molecule has 1 aliphatic rings. The largest absolute Gasteiger partial charge is 0.487 e. The van der Waals surface area contributed by atoms with Crippen LogP contribution in [0.1, 0.15) is 38.8 Å². The molecule has 0 saturated carbocycles. The molecular formula is C17H28IN3O2. The van der Waals surface area contributed by atoms with E-state index in [-0.39, 0.29) is 35.6 Å². The summed E-state index contributed by atoms with van der Waals surface area (Å²) in [5, 5.41) is 6.82. The summed E-state index contributed by atoms with van der Waals surface area (Å²) >= 11 is 0. The highest BCUT2D eigenvalue weighted by atomic mass is 127. The molecule has 6 heteroatoms. The third-order valence-electron chi connectivity index (χ3n) is 3.60. The Bertz CT molecular complexity index is 520. The van der Waals surface area contributed by atoms with Crippen molar-refractivity contribution in [3.63, 3.8) is 0 Å². The van der Waals surface area contributed by atoms with E-state index < -0.39 is 0 Å². The maximum Gasteiger partial charge on any atom is 0.191 e. The average Bonchev–Trinajstić information content (AvgIpc) is 2.46. The predicted molar refractivity (Wildman–Crippen MR) is 105 cm³/mol. The van der Waals surface area contributed by atoms with Gasteiger partial charge in [-0.25, -0.2) is 0 Å². The summed E-state index contributed by atoms with van der Waals surface area (Å²) in [5.74, 6) is 1.76. The van der Waals surface area contributed by atoms with E-state index in [1.165, 1.54) is 5.56 Å². The van der Waals surface area contributed by atoms with Crippen LogP contribution in [0.15, 0.2) is 29.3 Å². The third kappa shape index (κ3) is 5.84. The van der Waals surface area contributed by atoms with Crippen molar-refractivity contribution >= 4 is 29.9 Å². The number of aliphatic imine (C=N–C) groups is 1. The fraction of sp³-hybridized carbons (Fsp3) is 0.588. The van der Waals surface area contributed by atoms with Crippen molar-refractivity contribution in [1.82, 2.24) is 10.6 Å². The van der Waals surface area contributed by atoms with Gasteiger partial charge in [0.1, 0.15) is 11.4 Å². The number of rotatable bonds is 5. The molecule has 23 heavy (non-hydrogen) atoms. The summed E-state index contributed by atoms with van der Waals surface area (Å²) in [4.78, 5) is 4.55. The van der Waals surface area contributed by atoms with Gasteiger partial charge in [0, 0.05) is 25.6 Å². The Morgan fingerprint density at radius 1 is 1.39 bits per heavy atom. The number of benzene rings is 1. The first-order valence-electron chi connectivity index (χ1n) is 7.87. The number of guanidine groups is 1. The standard InChI is InChI=1S/C17H27N3O2.HI/c1-5-18-16(19-10-11-21-4)20-14-12-17(2,3)22-15-9-7-6-8-13(14)15;/h6-9,14H,5,10-12H2,1-4H3,(H2,18,19,20);1H. The number of para-hydroxylation sites is 1. The summed E-state index contributed by atoms with van der Waals surface area (Å²) < 4.78 is 11.1. The Kier molecular flexibility index (Phi) is 8.11. The molecule has 2 N–H and O–H groups in total. The van der Waals surface area contributed by atoms with E-state index in [0.29, 0.717) is 13.2 Å². The van der Waals surface area contributed by atoms with Crippen LogP contribution in [0.3, 0.4) is 0 Å². The predicted octanol–water partition coefficient (Wildman–Crippen LogP) is 3.11. The Hall–Kier alpha value is -1.02. The molecule has 0 radical (unpaired) electrons. The SMILES string of the molecule is CCNC(=NCCOC)NC1CC(C)(C)Oc2ccccc21.I. The Morgan fingerprint density at radius 2 is 2.13 bits per heavy atom. The second-order valence-corrected chi connectivity index (χ2v) is 6.05. The van der Waals surface area contributed by atoms with Gasteiger partial charge in [-0.2, -0.15) is 0 Å². The van der Waals surface area contributed by atoms with Crippen molar-refractivity contribution in [3.8, 4) is 5.75 Å². The number of nitrogens with zero attached hydrogens (tertiary/aromatic N) is 1. The van der Waals surface area contributed by atoms with Crippen LogP contribution in [-0.4, -0.2) is 38.4 Å². The molecule has 1 unspecified atom stereocenters. The fourth-order valence-corrected chi connectivity index (χ4v) is 2.66. The first-order chi connectivity index (χ1) is 10.6. The van der Waals surface area contributed by atoms with Crippen LogP contribution in [0.4, 0.5) is 0 Å². The lowest BCUT2D eigenvalue weighted by molar-refractivity contribution is 0.0694. The van der Waals surface area contributed by atoms with Gasteiger partial charge in [0.2, 0.25) is 0 Å². The molecular weight excluding hydrogens is 405 g/mol. The van der Waals surface area contributed by atoms with Gasteiger partial charge in [-0.05, 0) is 26.8 Å². The molecule has 0 bridgehead atoms. The normalized spacial score (nSPS) is 19.1. The highest BCUT2D eigenvalue weighted by Gasteiger charge is 2.33. The molecule has 0 saturated heterocycles. The van der Waals surface area contributed by atoms with Crippen molar-refractivity contribution in [3.05, 3.63) is 29.8 Å². The quantitative estimate of drug-likeness (QED) is 0.324. The van der Waals surface area contributed by atoms with Crippen LogP contribution < -0.4 is 15.4 Å². The molecule has 1 aromatic carbocycles. The van der Waals surface area contributed by atoms with Gasteiger partial charge in [0.25, 0.3) is 0 Å². The van der Waals surface area contributed by atoms with E-state index in [1.807, 2.05) is 18.2 Å². The van der Waals surface area contributed by atoms with E-state index in [4.69, 9.17) is 9.47 Å².